The number of hydrogen-bond donors (Lipinski definition) is 2. The fraction of sp³-hybridized carbons (Fsp3) is 0.306. The van der Waals surface area contributed by atoms with Crippen molar-refractivity contribution in [2.75, 3.05) is 5.32 Å². The van der Waals surface area contributed by atoms with Gasteiger partial charge in [-0.1, -0.05) is 82.8 Å². The molecule has 5 nitrogen and oxygen atoms in total. The summed E-state index contributed by atoms with van der Waals surface area (Å²) in [6, 6.07) is 25.7. The van der Waals surface area contributed by atoms with Crippen LogP contribution in [0.2, 0.25) is 0 Å². The van der Waals surface area contributed by atoms with Crippen molar-refractivity contribution in [2.45, 2.75) is 71.6 Å². The molecule has 5 rings (SSSR count). The molecule has 4 aromatic rings. The highest BCUT2D eigenvalue weighted by Gasteiger charge is 2.31. The van der Waals surface area contributed by atoms with Crippen molar-refractivity contribution in [1.82, 2.24) is 4.57 Å². The molecule has 0 saturated carbocycles. The van der Waals surface area contributed by atoms with Gasteiger partial charge in [-0.2, -0.15) is 0 Å². The smallest absolute Gasteiger partial charge is 0.258 e. The topological polar surface area (TPSA) is 63.5 Å². The van der Waals surface area contributed by atoms with Gasteiger partial charge in [-0.3, -0.25) is 4.79 Å². The minimum atomic E-state index is -0.482. The molecule has 3 aromatic carbocycles. The van der Waals surface area contributed by atoms with Crippen LogP contribution in [0.1, 0.15) is 68.9 Å². The number of benzene rings is 3. The molecule has 1 aliphatic rings. The maximum atomic E-state index is 14.1. The SMILES string of the molecule is C=C1C[C@H](O)CC(CCn2c(-c3ccc(F)cc3)c(-c3ccccc3)c(C(=O)Nc3ccccc3)c2C(C)C)O1.CC. The first-order chi connectivity index (χ1) is 20.3. The van der Waals surface area contributed by atoms with Crippen LogP contribution in [0.3, 0.4) is 0 Å². The molecule has 2 atom stereocenters. The van der Waals surface area contributed by atoms with E-state index in [1.807, 2.05) is 74.5 Å². The fourth-order valence-corrected chi connectivity index (χ4v) is 5.64. The molecular weight excluding hydrogens is 527 g/mol. The van der Waals surface area contributed by atoms with E-state index in [9.17, 15) is 14.3 Å². The maximum Gasteiger partial charge on any atom is 0.258 e. The van der Waals surface area contributed by atoms with Crippen LogP contribution >= 0.6 is 0 Å². The molecule has 1 aliphatic heterocycles. The number of carbonyl (C=O) groups excluding carboxylic acids is 1. The Morgan fingerprint density at radius 1 is 1.00 bits per heavy atom. The maximum absolute atomic E-state index is 14.1. The quantitative estimate of drug-likeness (QED) is 0.223. The number of halogens is 1. The number of nitrogens with one attached hydrogen (secondary N) is 1. The van der Waals surface area contributed by atoms with Gasteiger partial charge in [-0.25, -0.2) is 4.39 Å². The first-order valence-corrected chi connectivity index (χ1v) is 14.8. The van der Waals surface area contributed by atoms with Gasteiger partial charge >= 0.3 is 0 Å². The van der Waals surface area contributed by atoms with E-state index in [-0.39, 0.29) is 23.7 Å². The van der Waals surface area contributed by atoms with Crippen molar-refractivity contribution in [2.24, 2.45) is 0 Å². The zero-order chi connectivity index (χ0) is 30.2. The van der Waals surface area contributed by atoms with E-state index in [2.05, 4.69) is 30.3 Å². The van der Waals surface area contributed by atoms with E-state index in [0.717, 1.165) is 28.1 Å². The van der Waals surface area contributed by atoms with Gasteiger partial charge in [0.25, 0.3) is 5.91 Å². The molecule has 6 heteroatoms. The molecule has 1 unspecified atom stereocenters. The van der Waals surface area contributed by atoms with E-state index in [1.165, 1.54) is 12.1 Å². The molecule has 0 aliphatic carbocycles. The first-order valence-electron chi connectivity index (χ1n) is 14.8. The summed E-state index contributed by atoms with van der Waals surface area (Å²) in [5, 5.41) is 13.4. The molecular formula is C36H41FN2O3. The Kier molecular flexibility index (Phi) is 10.4. The number of anilines is 1. The number of rotatable bonds is 8. The summed E-state index contributed by atoms with van der Waals surface area (Å²) in [6.45, 7) is 12.6. The van der Waals surface area contributed by atoms with Crippen LogP contribution < -0.4 is 5.32 Å². The summed E-state index contributed by atoms with van der Waals surface area (Å²) < 4.78 is 22.2. The Labute approximate surface area is 248 Å². The summed E-state index contributed by atoms with van der Waals surface area (Å²) >= 11 is 0. The number of nitrogens with zero attached hydrogens (tertiary/aromatic N) is 1. The van der Waals surface area contributed by atoms with Gasteiger partial charge < -0.3 is 19.7 Å². The highest BCUT2D eigenvalue weighted by atomic mass is 19.1. The number of aliphatic hydroxyl groups excluding tert-OH is 1. The molecule has 220 valence electrons. The molecule has 1 fully saturated rings. The van der Waals surface area contributed by atoms with E-state index in [1.54, 1.807) is 12.1 Å². The number of para-hydroxylation sites is 1. The van der Waals surface area contributed by atoms with Gasteiger partial charge in [-0.15, -0.1) is 0 Å². The average molecular weight is 569 g/mol. The number of amides is 1. The Morgan fingerprint density at radius 2 is 1.62 bits per heavy atom. The Morgan fingerprint density at radius 3 is 2.21 bits per heavy atom. The summed E-state index contributed by atoms with van der Waals surface area (Å²) in [6.07, 6.45) is 0.911. The monoisotopic (exact) mass is 568 g/mol. The molecule has 2 heterocycles. The standard InChI is InChI=1S/C34H35FN2O3.C2H6/c1-22(2)32-31(34(39)36-27-12-8-5-9-13-27)30(24-10-6-4-7-11-24)33(25-14-16-26(35)17-15-25)37(32)19-18-29-21-28(38)20-23(3)40-29;1-2/h4-17,22,28-29,38H,3,18-21H2,1-2H3,(H,36,39);1-2H3/t28-,29?;/m0./s1. The van der Waals surface area contributed by atoms with Crippen molar-refractivity contribution in [3.05, 3.63) is 114 Å². The third-order valence-electron chi connectivity index (χ3n) is 7.30. The molecule has 1 aromatic heterocycles. The minimum absolute atomic E-state index is 0.000939. The van der Waals surface area contributed by atoms with Crippen molar-refractivity contribution in [3.63, 3.8) is 0 Å². The third-order valence-corrected chi connectivity index (χ3v) is 7.30. The van der Waals surface area contributed by atoms with Crippen molar-refractivity contribution in [1.29, 1.82) is 0 Å². The predicted octanol–water partition coefficient (Wildman–Crippen LogP) is 8.81. The molecule has 1 amide bonds. The van der Waals surface area contributed by atoms with E-state index in [4.69, 9.17) is 4.74 Å². The fourth-order valence-electron chi connectivity index (χ4n) is 5.64. The van der Waals surface area contributed by atoms with E-state index >= 15 is 0 Å². The lowest BCUT2D eigenvalue weighted by Gasteiger charge is -2.29. The number of ether oxygens (including phenoxy) is 1. The number of aromatic nitrogens is 1. The lowest BCUT2D eigenvalue weighted by Crippen LogP contribution is -2.28. The highest BCUT2D eigenvalue weighted by molar-refractivity contribution is 6.12. The van der Waals surface area contributed by atoms with Crippen LogP contribution in [0.25, 0.3) is 22.4 Å². The van der Waals surface area contributed by atoms with Gasteiger partial charge in [-0.05, 0) is 53.4 Å². The molecule has 0 bridgehead atoms. The van der Waals surface area contributed by atoms with Crippen LogP contribution in [0.4, 0.5) is 10.1 Å². The summed E-state index contributed by atoms with van der Waals surface area (Å²) in [5.74, 6) is 0.0685. The Hall–Kier alpha value is -4.16. The largest absolute Gasteiger partial charge is 0.495 e. The third kappa shape index (κ3) is 7.00. The van der Waals surface area contributed by atoms with E-state index in [0.29, 0.717) is 42.8 Å². The Bertz CT molecular complexity index is 1480. The second kappa shape index (κ2) is 14.1. The summed E-state index contributed by atoms with van der Waals surface area (Å²) in [7, 11) is 0. The van der Waals surface area contributed by atoms with Crippen LogP contribution in [0.15, 0.2) is 97.3 Å². The van der Waals surface area contributed by atoms with Crippen LogP contribution in [-0.2, 0) is 11.3 Å². The number of aliphatic hydroxyl groups is 1. The average Bonchev–Trinajstić information content (AvgIpc) is 3.34. The van der Waals surface area contributed by atoms with Crippen LogP contribution in [0.5, 0.6) is 0 Å². The van der Waals surface area contributed by atoms with Crippen LogP contribution in [-0.4, -0.2) is 27.8 Å². The zero-order valence-corrected chi connectivity index (χ0v) is 24.9. The number of carbonyl (C=O) groups is 1. The van der Waals surface area contributed by atoms with Gasteiger partial charge in [0.1, 0.15) is 11.9 Å². The number of hydrogen-bond acceptors (Lipinski definition) is 3. The minimum Gasteiger partial charge on any atom is -0.495 e. The van der Waals surface area contributed by atoms with Gasteiger partial charge in [0, 0.05) is 42.8 Å². The van der Waals surface area contributed by atoms with Crippen LogP contribution in [0, 0.1) is 5.82 Å². The molecule has 0 spiro atoms. The predicted molar refractivity (Wildman–Crippen MR) is 169 cm³/mol. The molecule has 0 radical (unpaired) electrons. The first kappa shape index (κ1) is 30.8. The van der Waals surface area contributed by atoms with Crippen molar-refractivity contribution >= 4 is 11.6 Å². The van der Waals surface area contributed by atoms with Crippen molar-refractivity contribution in [3.8, 4) is 22.4 Å². The molecule has 42 heavy (non-hydrogen) atoms. The van der Waals surface area contributed by atoms with Gasteiger partial charge in [0.2, 0.25) is 0 Å². The second-order valence-electron chi connectivity index (χ2n) is 10.6. The zero-order valence-electron chi connectivity index (χ0n) is 24.9. The lowest BCUT2D eigenvalue weighted by molar-refractivity contribution is -0.00340. The Balaban J connectivity index is 0.00000198. The molecule has 1 saturated heterocycles. The van der Waals surface area contributed by atoms with Gasteiger partial charge in [0.15, 0.2) is 0 Å². The second-order valence-corrected chi connectivity index (χ2v) is 10.6. The molecule has 2 N–H and O–H groups in total. The van der Waals surface area contributed by atoms with Gasteiger partial charge in [0.05, 0.1) is 23.1 Å². The summed E-state index contributed by atoms with van der Waals surface area (Å²) in [4.78, 5) is 14.1. The van der Waals surface area contributed by atoms with E-state index < -0.39 is 6.10 Å². The van der Waals surface area contributed by atoms with Crippen molar-refractivity contribution < 1.29 is 19.0 Å². The highest BCUT2D eigenvalue weighted by Crippen LogP contribution is 2.43. The summed E-state index contributed by atoms with van der Waals surface area (Å²) in [5.41, 5.74) is 5.57. The lowest BCUT2D eigenvalue weighted by atomic mass is 9.94. The normalized spacial score (nSPS) is 16.4.